The Morgan fingerprint density at radius 1 is 0.327 bits per heavy atom. The first-order valence-corrected chi connectivity index (χ1v) is 42.8. The minimum absolute atomic E-state index is 0.0280. The van der Waals surface area contributed by atoms with Crippen molar-refractivity contribution in [3.63, 3.8) is 0 Å². The Morgan fingerprint density at radius 2 is 0.582 bits per heavy atom. The normalized spacial score (nSPS) is 13.7. The zero-order valence-electron chi connectivity index (χ0n) is 64.8. The Bertz CT molecular complexity index is 2070. The van der Waals surface area contributed by atoms with Crippen molar-refractivity contribution in [1.29, 1.82) is 0 Å². The third kappa shape index (κ3) is 81.4. The molecule has 0 aromatic rings. The number of quaternary nitrogens is 1. The fraction of sp³-hybridized carbons (Fsp3) is 0.750. The number of rotatable bonds is 76. The molecule has 0 aliphatic heterocycles. The van der Waals surface area contributed by atoms with Gasteiger partial charge in [-0.15, -0.1) is 0 Å². The Morgan fingerprint density at radius 3 is 0.867 bits per heavy atom. The highest BCUT2D eigenvalue weighted by atomic mass is 31.2. The number of ether oxygens (including phenoxy) is 2. The Balaban J connectivity index is 4.00. The molecule has 0 amide bonds. The molecule has 0 bridgehead atoms. The molecule has 0 fully saturated rings. The van der Waals surface area contributed by atoms with Crippen LogP contribution in [0, 0.1) is 0 Å². The van der Waals surface area contributed by atoms with Crippen molar-refractivity contribution in [2.45, 2.75) is 380 Å². The van der Waals surface area contributed by atoms with Crippen molar-refractivity contribution in [2.75, 3.05) is 47.5 Å². The zero-order valence-corrected chi connectivity index (χ0v) is 65.6. The first-order chi connectivity index (χ1) is 48.0. The molecule has 2 unspecified atom stereocenters. The lowest BCUT2D eigenvalue weighted by Crippen LogP contribution is -2.37. The quantitative estimate of drug-likeness (QED) is 0.0211. The van der Waals surface area contributed by atoms with Gasteiger partial charge in [0.1, 0.15) is 19.8 Å². The van der Waals surface area contributed by atoms with Crippen LogP contribution in [0.1, 0.15) is 373 Å². The highest BCUT2D eigenvalue weighted by molar-refractivity contribution is 7.47. The summed E-state index contributed by atoms with van der Waals surface area (Å²) in [5.74, 6) is -0.791. The van der Waals surface area contributed by atoms with Gasteiger partial charge in [-0.25, -0.2) is 4.57 Å². The van der Waals surface area contributed by atoms with Crippen LogP contribution in [0.2, 0.25) is 0 Å². The van der Waals surface area contributed by atoms with Gasteiger partial charge in [0, 0.05) is 12.8 Å². The monoisotopic (exact) mass is 1390 g/mol. The van der Waals surface area contributed by atoms with Gasteiger partial charge < -0.3 is 18.9 Å². The largest absolute Gasteiger partial charge is 0.472 e. The molecule has 0 aliphatic carbocycles. The molecule has 98 heavy (non-hydrogen) atoms. The van der Waals surface area contributed by atoms with Crippen LogP contribution in [0.25, 0.3) is 0 Å². The maximum Gasteiger partial charge on any atom is 0.472 e. The summed E-state index contributed by atoms with van der Waals surface area (Å²) in [5, 5.41) is 0. The van der Waals surface area contributed by atoms with Crippen LogP contribution in [0.3, 0.4) is 0 Å². The fourth-order valence-corrected chi connectivity index (χ4v) is 12.5. The van der Waals surface area contributed by atoms with E-state index in [2.05, 4.69) is 135 Å². The highest BCUT2D eigenvalue weighted by Crippen LogP contribution is 2.43. The number of allylic oxidation sites excluding steroid dienone is 20. The van der Waals surface area contributed by atoms with Gasteiger partial charge in [-0.2, -0.15) is 0 Å². The zero-order chi connectivity index (χ0) is 71.1. The maximum atomic E-state index is 12.9. The average molecular weight is 1390 g/mol. The lowest BCUT2D eigenvalue weighted by atomic mass is 10.0. The van der Waals surface area contributed by atoms with Crippen molar-refractivity contribution in [3.05, 3.63) is 122 Å². The Kier molecular flexibility index (Phi) is 74.7. The van der Waals surface area contributed by atoms with E-state index in [4.69, 9.17) is 18.5 Å². The van der Waals surface area contributed by atoms with Gasteiger partial charge in [0.05, 0.1) is 27.7 Å². The van der Waals surface area contributed by atoms with Crippen LogP contribution in [0.15, 0.2) is 122 Å². The van der Waals surface area contributed by atoms with Gasteiger partial charge in [0.15, 0.2) is 6.10 Å². The molecule has 0 spiro atoms. The van der Waals surface area contributed by atoms with Gasteiger partial charge in [-0.3, -0.25) is 18.6 Å². The van der Waals surface area contributed by atoms with Crippen molar-refractivity contribution < 1.29 is 42.1 Å². The predicted molar refractivity (Wildman–Crippen MR) is 427 cm³/mol. The summed E-state index contributed by atoms with van der Waals surface area (Å²) in [6, 6.07) is 0. The van der Waals surface area contributed by atoms with Crippen LogP contribution < -0.4 is 0 Å². The molecular formula is C88H157NO8P+. The molecule has 566 valence electrons. The Hall–Kier alpha value is -3.59. The van der Waals surface area contributed by atoms with Crippen molar-refractivity contribution in [3.8, 4) is 0 Å². The lowest BCUT2D eigenvalue weighted by molar-refractivity contribution is -0.870. The van der Waals surface area contributed by atoms with E-state index in [0.717, 1.165) is 109 Å². The minimum Gasteiger partial charge on any atom is -0.462 e. The van der Waals surface area contributed by atoms with E-state index in [-0.39, 0.29) is 32.0 Å². The number of esters is 2. The van der Waals surface area contributed by atoms with Gasteiger partial charge in [-0.1, -0.05) is 392 Å². The van der Waals surface area contributed by atoms with E-state index in [1.807, 2.05) is 21.1 Å². The number of hydrogen-bond donors (Lipinski definition) is 1. The van der Waals surface area contributed by atoms with E-state index in [1.54, 1.807) is 0 Å². The highest BCUT2D eigenvalue weighted by Gasteiger charge is 2.27. The second-order valence-corrected chi connectivity index (χ2v) is 30.2. The van der Waals surface area contributed by atoms with E-state index in [9.17, 15) is 19.0 Å². The smallest absolute Gasteiger partial charge is 0.462 e. The third-order valence-electron chi connectivity index (χ3n) is 18.0. The number of hydrogen-bond acceptors (Lipinski definition) is 7. The van der Waals surface area contributed by atoms with Crippen LogP contribution in [0.5, 0.6) is 0 Å². The van der Waals surface area contributed by atoms with Crippen LogP contribution in [0.4, 0.5) is 0 Å². The Labute approximate surface area is 607 Å². The standard InChI is InChI=1S/C88H156NO8P/c1-6-8-10-12-14-16-18-20-22-24-26-28-30-32-34-36-38-40-41-42-43-44-45-46-47-49-51-53-55-57-59-61-63-65-67-69-71-73-75-77-79-81-88(91)97-86(85-96-98(92,93)95-83-82-89(3,4)5)84-94-87(90)80-78-76-74-72-70-68-66-64-62-60-58-56-54-52-50-48-39-37-35-33-31-29-27-25-23-21-19-17-15-13-11-9-7-2/h8,10,14,16,20,22,26,28,32,34,38,40,42-43,45-46,49,51,55,57,86H,6-7,9,11-13,15,17-19,21,23-25,27,29-31,33,35-37,39,41,44,47-48,50,52-54,56,58-85H2,1-5H3/p+1/b10-8-,16-14-,22-20-,28-26-,34-32-,40-38-,43-42-,46-45-,51-49-,57-55-. The molecule has 1 N–H and O–H groups in total. The fourth-order valence-electron chi connectivity index (χ4n) is 11.8. The van der Waals surface area contributed by atoms with Crippen molar-refractivity contribution >= 4 is 19.8 Å². The number of phosphoric acid groups is 1. The summed E-state index contributed by atoms with van der Waals surface area (Å²) in [5.41, 5.74) is 0. The molecule has 0 heterocycles. The molecule has 0 aromatic carbocycles. The number of carbonyl (C=O) groups is 2. The second kappa shape index (κ2) is 77.6. The summed E-state index contributed by atoms with van der Waals surface area (Å²) >= 11 is 0. The third-order valence-corrected chi connectivity index (χ3v) is 19.0. The van der Waals surface area contributed by atoms with E-state index in [0.29, 0.717) is 17.4 Å². The van der Waals surface area contributed by atoms with Crippen LogP contribution in [-0.2, 0) is 32.7 Å². The minimum atomic E-state index is -4.40. The molecule has 0 saturated carbocycles. The van der Waals surface area contributed by atoms with Gasteiger partial charge >= 0.3 is 19.8 Å². The molecule has 0 saturated heterocycles. The first kappa shape index (κ1) is 94.4. The van der Waals surface area contributed by atoms with Crippen LogP contribution in [-0.4, -0.2) is 74.9 Å². The number of likely N-dealkylation sites (N-methyl/N-ethyl adjacent to an activating group) is 1. The van der Waals surface area contributed by atoms with Gasteiger partial charge in [0.2, 0.25) is 0 Å². The molecule has 9 nitrogen and oxygen atoms in total. The van der Waals surface area contributed by atoms with Gasteiger partial charge in [0.25, 0.3) is 0 Å². The molecule has 0 radical (unpaired) electrons. The summed E-state index contributed by atoms with van der Waals surface area (Å²) in [6.07, 6.45) is 112. The summed E-state index contributed by atoms with van der Waals surface area (Å²) in [4.78, 5) is 36.0. The van der Waals surface area contributed by atoms with E-state index < -0.39 is 26.5 Å². The van der Waals surface area contributed by atoms with E-state index >= 15 is 0 Å². The summed E-state index contributed by atoms with van der Waals surface area (Å²) in [6.45, 7) is 4.36. The number of nitrogens with zero attached hydrogens (tertiary/aromatic N) is 1. The number of phosphoric ester groups is 1. The van der Waals surface area contributed by atoms with Gasteiger partial charge in [-0.05, 0) is 89.9 Å². The second-order valence-electron chi connectivity index (χ2n) is 28.8. The predicted octanol–water partition coefficient (Wildman–Crippen LogP) is 27.7. The molecule has 0 aromatic heterocycles. The molecule has 10 heteroatoms. The average Bonchev–Trinajstić information content (AvgIpc) is 1.08. The van der Waals surface area contributed by atoms with E-state index in [1.165, 1.54) is 231 Å². The number of carbonyl (C=O) groups excluding carboxylic acids is 2. The molecule has 0 rings (SSSR count). The summed E-state index contributed by atoms with van der Waals surface area (Å²) in [7, 11) is 1.48. The van der Waals surface area contributed by atoms with Crippen molar-refractivity contribution in [2.24, 2.45) is 0 Å². The van der Waals surface area contributed by atoms with Crippen LogP contribution >= 0.6 is 7.82 Å². The maximum absolute atomic E-state index is 12.9. The molecule has 2 atom stereocenters. The van der Waals surface area contributed by atoms with Crippen molar-refractivity contribution in [1.82, 2.24) is 0 Å². The first-order valence-electron chi connectivity index (χ1n) is 41.3. The summed E-state index contributed by atoms with van der Waals surface area (Å²) < 4.78 is 34.8. The SMILES string of the molecule is CC/C=C\C/C=C\C/C=C\C/C=C\C/C=C\C/C=C\C/C=C\C/C=C\C/C=C\C/C=C\CCCCCCCCCCCCC(=O)OC(COC(=O)CCCCCCCCCCCCCCCCCCCCCCCCCCCCCCCCCCC)COP(=O)(O)OCC[N+](C)(C)C. The lowest BCUT2D eigenvalue weighted by Gasteiger charge is -2.24. The topological polar surface area (TPSA) is 108 Å². The molecule has 0 aliphatic rings. The molecular weight excluding hydrogens is 1230 g/mol. The number of unbranched alkanes of at least 4 members (excludes halogenated alkanes) is 42.